The molecule has 3 aliphatic carbocycles. The molecule has 3 heteroatoms. The number of carboxylic acids is 1. The number of hydrogen-bond acceptors (Lipinski definition) is 2. The molecule has 0 aromatic carbocycles. The minimum Gasteiger partial charge on any atom is -0.481 e. The van der Waals surface area contributed by atoms with E-state index in [2.05, 4.69) is 18.2 Å². The normalized spacial score (nSPS) is 39.0. The largest absolute Gasteiger partial charge is 0.481 e. The van der Waals surface area contributed by atoms with Crippen LogP contribution in [0, 0.1) is 29.1 Å². The first kappa shape index (κ1) is 9.82. The third-order valence-electron chi connectivity index (χ3n) is 4.20. The van der Waals surface area contributed by atoms with Gasteiger partial charge in [-0.05, 0) is 36.2 Å². The van der Waals surface area contributed by atoms with Gasteiger partial charge in [-0.3, -0.25) is 4.79 Å². The van der Waals surface area contributed by atoms with Crippen LogP contribution in [0.5, 0.6) is 0 Å². The number of carbonyl (C=O) groups is 1. The highest BCUT2D eigenvalue weighted by atomic mass is 16.4. The Morgan fingerprint density at radius 3 is 2.88 bits per heavy atom. The number of hydrogen-bond donors (Lipinski definition) is 2. The molecule has 2 N–H and O–H groups in total. The number of allylic oxidation sites excluding steroid dienone is 4. The average molecular weight is 217 g/mol. The summed E-state index contributed by atoms with van der Waals surface area (Å²) < 4.78 is 0. The Bertz CT molecular complexity index is 422. The molecular formula is C13H15NO2. The highest BCUT2D eigenvalue weighted by Gasteiger charge is 2.48. The molecule has 0 aliphatic heterocycles. The Hall–Kier alpha value is -1.38. The lowest BCUT2D eigenvalue weighted by atomic mass is 9.84. The van der Waals surface area contributed by atoms with Gasteiger partial charge < -0.3 is 10.5 Å². The van der Waals surface area contributed by atoms with Crippen LogP contribution in [0.25, 0.3) is 0 Å². The maximum atomic E-state index is 10.5. The molecule has 0 aromatic rings. The molecule has 1 saturated carbocycles. The molecule has 3 rings (SSSR count). The van der Waals surface area contributed by atoms with Gasteiger partial charge >= 0.3 is 5.97 Å². The highest BCUT2D eigenvalue weighted by molar-refractivity contribution is 6.03. The maximum Gasteiger partial charge on any atom is 0.303 e. The van der Waals surface area contributed by atoms with Crippen LogP contribution in [0.4, 0.5) is 0 Å². The fourth-order valence-electron chi connectivity index (χ4n) is 3.49. The van der Waals surface area contributed by atoms with Gasteiger partial charge in [0.15, 0.2) is 0 Å². The predicted molar refractivity (Wildman–Crippen MR) is 60.4 cm³/mol. The lowest BCUT2D eigenvalue weighted by Crippen LogP contribution is -2.20. The summed E-state index contributed by atoms with van der Waals surface area (Å²) in [7, 11) is 0. The van der Waals surface area contributed by atoms with E-state index in [0.29, 0.717) is 35.8 Å². The standard InChI is InChI=1S/C13H15NO2/c14-13-9(3-4-11(15)16)6-10-7-1-2-8(5-7)12(10)13/h1-2,6-8,10,12,14H,3-5H2,(H,15,16)/t7-,8+,10-,12+/m0/s1. The minimum atomic E-state index is -0.771. The molecule has 16 heavy (non-hydrogen) atoms. The lowest BCUT2D eigenvalue weighted by Gasteiger charge is -2.19. The van der Waals surface area contributed by atoms with Gasteiger partial charge in [0, 0.05) is 18.1 Å². The van der Waals surface area contributed by atoms with Gasteiger partial charge in [-0.15, -0.1) is 0 Å². The van der Waals surface area contributed by atoms with E-state index in [0.717, 1.165) is 5.57 Å². The summed E-state index contributed by atoms with van der Waals surface area (Å²) in [6.07, 6.45) is 8.56. The second-order valence-electron chi connectivity index (χ2n) is 5.05. The van der Waals surface area contributed by atoms with Gasteiger partial charge in [0.2, 0.25) is 0 Å². The molecule has 0 aromatic heterocycles. The van der Waals surface area contributed by atoms with Crippen molar-refractivity contribution in [2.24, 2.45) is 23.7 Å². The first-order valence-electron chi connectivity index (χ1n) is 5.86. The Morgan fingerprint density at radius 1 is 1.44 bits per heavy atom. The van der Waals surface area contributed by atoms with Gasteiger partial charge in [0.25, 0.3) is 0 Å². The molecule has 0 amide bonds. The second-order valence-corrected chi connectivity index (χ2v) is 5.05. The van der Waals surface area contributed by atoms with Crippen LogP contribution < -0.4 is 0 Å². The summed E-state index contributed by atoms with van der Waals surface area (Å²) in [6, 6.07) is 0. The zero-order chi connectivity index (χ0) is 11.3. The smallest absolute Gasteiger partial charge is 0.303 e. The van der Waals surface area contributed by atoms with E-state index in [1.165, 1.54) is 6.42 Å². The summed E-state index contributed by atoms with van der Waals surface area (Å²) in [5, 5.41) is 16.8. The molecule has 3 aliphatic rings. The van der Waals surface area contributed by atoms with E-state index >= 15 is 0 Å². The van der Waals surface area contributed by atoms with Crippen molar-refractivity contribution in [1.29, 1.82) is 5.41 Å². The molecule has 3 nitrogen and oxygen atoms in total. The van der Waals surface area contributed by atoms with Crippen LogP contribution in [-0.2, 0) is 4.79 Å². The highest BCUT2D eigenvalue weighted by Crippen LogP contribution is 2.53. The van der Waals surface area contributed by atoms with Gasteiger partial charge in [0.1, 0.15) is 0 Å². The van der Waals surface area contributed by atoms with Crippen LogP contribution in [0.3, 0.4) is 0 Å². The number of carboxylic acid groups (broad SMARTS) is 1. The number of rotatable bonds is 3. The summed E-state index contributed by atoms with van der Waals surface area (Å²) in [6.45, 7) is 0. The Labute approximate surface area is 94.4 Å². The van der Waals surface area contributed by atoms with Crippen molar-refractivity contribution in [2.75, 3.05) is 0 Å². The van der Waals surface area contributed by atoms with Gasteiger partial charge in [0.05, 0.1) is 0 Å². The minimum absolute atomic E-state index is 0.149. The van der Waals surface area contributed by atoms with Crippen molar-refractivity contribution in [3.8, 4) is 0 Å². The van der Waals surface area contributed by atoms with Crippen molar-refractivity contribution in [1.82, 2.24) is 0 Å². The molecule has 0 unspecified atom stereocenters. The first-order valence-corrected chi connectivity index (χ1v) is 5.86. The van der Waals surface area contributed by atoms with Crippen LogP contribution in [0.2, 0.25) is 0 Å². The third-order valence-corrected chi connectivity index (χ3v) is 4.20. The topological polar surface area (TPSA) is 61.2 Å². The number of fused-ring (bicyclic) bond motifs is 5. The average Bonchev–Trinajstić information content (AvgIpc) is 2.88. The van der Waals surface area contributed by atoms with Gasteiger partial charge in [-0.2, -0.15) is 0 Å². The SMILES string of the molecule is N=C1C(CCC(=O)O)=C[C@@H]2[C@H]1[C@@H]1C=C[C@H]2C1. The van der Waals surface area contributed by atoms with Crippen LogP contribution in [0.1, 0.15) is 19.3 Å². The molecule has 0 spiro atoms. The molecule has 0 saturated heterocycles. The molecule has 84 valence electrons. The van der Waals surface area contributed by atoms with E-state index in [1.54, 1.807) is 0 Å². The van der Waals surface area contributed by atoms with E-state index < -0.39 is 5.97 Å². The van der Waals surface area contributed by atoms with Crippen molar-refractivity contribution < 1.29 is 9.90 Å². The van der Waals surface area contributed by atoms with Crippen molar-refractivity contribution in [2.45, 2.75) is 19.3 Å². The van der Waals surface area contributed by atoms with Crippen molar-refractivity contribution >= 4 is 11.7 Å². The van der Waals surface area contributed by atoms with Crippen molar-refractivity contribution in [3.05, 3.63) is 23.8 Å². The molecule has 2 bridgehead atoms. The summed E-state index contributed by atoms with van der Waals surface area (Å²) in [5.74, 6) is 1.23. The molecule has 1 fully saturated rings. The summed E-state index contributed by atoms with van der Waals surface area (Å²) >= 11 is 0. The molecule has 0 radical (unpaired) electrons. The summed E-state index contributed by atoms with van der Waals surface area (Å²) in [5.41, 5.74) is 1.69. The van der Waals surface area contributed by atoms with E-state index in [9.17, 15) is 4.79 Å². The van der Waals surface area contributed by atoms with Crippen LogP contribution in [-0.4, -0.2) is 16.8 Å². The Morgan fingerprint density at radius 2 is 2.19 bits per heavy atom. The predicted octanol–water partition coefficient (Wildman–Crippen LogP) is 2.25. The second kappa shape index (κ2) is 3.30. The quantitative estimate of drug-likeness (QED) is 0.712. The fraction of sp³-hybridized carbons (Fsp3) is 0.538. The third kappa shape index (κ3) is 1.27. The molecule has 0 heterocycles. The molecule has 4 atom stereocenters. The Balaban J connectivity index is 1.77. The zero-order valence-corrected chi connectivity index (χ0v) is 9.02. The maximum absolute atomic E-state index is 10.5. The van der Waals surface area contributed by atoms with Gasteiger partial charge in [-0.25, -0.2) is 0 Å². The monoisotopic (exact) mass is 217 g/mol. The summed E-state index contributed by atoms with van der Waals surface area (Å²) in [4.78, 5) is 10.5. The van der Waals surface area contributed by atoms with E-state index in [1.807, 2.05) is 0 Å². The van der Waals surface area contributed by atoms with E-state index in [-0.39, 0.29) is 6.42 Å². The first-order chi connectivity index (χ1) is 7.66. The van der Waals surface area contributed by atoms with Crippen molar-refractivity contribution in [3.63, 3.8) is 0 Å². The number of nitrogens with one attached hydrogen (secondary N) is 1. The zero-order valence-electron chi connectivity index (χ0n) is 9.02. The molecular weight excluding hydrogens is 202 g/mol. The van der Waals surface area contributed by atoms with Crippen LogP contribution >= 0.6 is 0 Å². The number of aliphatic carboxylic acids is 1. The fourth-order valence-corrected chi connectivity index (χ4v) is 3.49. The lowest BCUT2D eigenvalue weighted by molar-refractivity contribution is -0.136. The Kier molecular flexibility index (Phi) is 2.03. The van der Waals surface area contributed by atoms with E-state index in [4.69, 9.17) is 10.5 Å². The van der Waals surface area contributed by atoms with Crippen LogP contribution in [0.15, 0.2) is 23.8 Å². The van der Waals surface area contributed by atoms with Gasteiger partial charge in [-0.1, -0.05) is 18.2 Å².